The van der Waals surface area contributed by atoms with Crippen LogP contribution in [0.5, 0.6) is 0 Å². The summed E-state index contributed by atoms with van der Waals surface area (Å²) in [5.74, 6) is -1.22. The van der Waals surface area contributed by atoms with Gasteiger partial charge in [0.15, 0.2) is 0 Å². The Morgan fingerprint density at radius 3 is 2.53 bits per heavy atom. The Balaban J connectivity index is 1.96. The SMILES string of the molecule is COC(=O)C1C(C(=CCC(O)C(C)(C)O)COC(C)=O)CCC2(C)C3CCC12CO3. The van der Waals surface area contributed by atoms with Crippen LogP contribution in [0.1, 0.15) is 59.8 Å². The minimum absolute atomic E-state index is 0.0587. The number of rotatable bonds is 7. The Bertz CT molecular complexity index is 699. The maximum Gasteiger partial charge on any atom is 0.309 e. The van der Waals surface area contributed by atoms with E-state index in [4.69, 9.17) is 14.2 Å². The number of aliphatic hydroxyl groups excluding tert-OH is 1. The van der Waals surface area contributed by atoms with Crippen LogP contribution in [0.2, 0.25) is 0 Å². The van der Waals surface area contributed by atoms with Crippen molar-refractivity contribution in [2.45, 2.75) is 77.6 Å². The van der Waals surface area contributed by atoms with E-state index in [1.807, 2.05) is 6.08 Å². The fourth-order valence-corrected chi connectivity index (χ4v) is 6.05. The zero-order valence-electron chi connectivity index (χ0n) is 18.8. The first-order valence-electron chi connectivity index (χ1n) is 10.9. The summed E-state index contributed by atoms with van der Waals surface area (Å²) in [7, 11) is 1.41. The molecule has 6 unspecified atom stereocenters. The Hall–Kier alpha value is -1.44. The normalized spacial score (nSPS) is 36.9. The highest BCUT2D eigenvalue weighted by atomic mass is 16.5. The predicted octanol–water partition coefficient (Wildman–Crippen LogP) is 2.38. The Kier molecular flexibility index (Phi) is 6.38. The molecule has 0 aromatic heterocycles. The lowest BCUT2D eigenvalue weighted by Crippen LogP contribution is -2.53. The third-order valence-electron chi connectivity index (χ3n) is 8.01. The Labute approximate surface area is 178 Å². The van der Waals surface area contributed by atoms with Gasteiger partial charge in [0, 0.05) is 17.8 Å². The molecule has 3 fully saturated rings. The second-order valence-corrected chi connectivity index (χ2v) is 10.0. The molecule has 7 heteroatoms. The van der Waals surface area contributed by atoms with Crippen molar-refractivity contribution >= 4 is 11.9 Å². The van der Waals surface area contributed by atoms with Crippen LogP contribution < -0.4 is 0 Å². The van der Waals surface area contributed by atoms with Crippen molar-refractivity contribution in [1.29, 1.82) is 0 Å². The lowest BCUT2D eigenvalue weighted by atomic mass is 9.50. The fourth-order valence-electron chi connectivity index (χ4n) is 6.05. The molecule has 6 atom stereocenters. The summed E-state index contributed by atoms with van der Waals surface area (Å²) in [6.45, 7) is 7.28. The zero-order chi connectivity index (χ0) is 22.3. The number of carbonyl (C=O) groups is 2. The summed E-state index contributed by atoms with van der Waals surface area (Å²) in [5, 5.41) is 20.4. The van der Waals surface area contributed by atoms with Crippen molar-refractivity contribution in [1.82, 2.24) is 0 Å². The molecule has 2 aliphatic carbocycles. The maximum atomic E-state index is 13.1. The number of hydrogen-bond donors (Lipinski definition) is 2. The monoisotopic (exact) mass is 424 g/mol. The summed E-state index contributed by atoms with van der Waals surface area (Å²) >= 11 is 0. The van der Waals surface area contributed by atoms with Crippen molar-refractivity contribution in [2.75, 3.05) is 20.3 Å². The molecule has 3 aliphatic rings. The highest BCUT2D eigenvalue weighted by molar-refractivity contribution is 5.75. The molecule has 7 nitrogen and oxygen atoms in total. The van der Waals surface area contributed by atoms with Gasteiger partial charge in [-0.1, -0.05) is 13.0 Å². The molecule has 3 rings (SSSR count). The first kappa shape index (κ1) is 23.2. The second kappa shape index (κ2) is 8.24. The zero-order valence-corrected chi connectivity index (χ0v) is 18.8. The quantitative estimate of drug-likeness (QED) is 0.478. The van der Waals surface area contributed by atoms with Crippen molar-refractivity contribution in [3.05, 3.63) is 11.6 Å². The van der Waals surface area contributed by atoms with Crippen molar-refractivity contribution < 1.29 is 34.0 Å². The van der Waals surface area contributed by atoms with E-state index in [2.05, 4.69) is 6.92 Å². The van der Waals surface area contributed by atoms with E-state index in [0.717, 1.165) is 31.3 Å². The van der Waals surface area contributed by atoms with Gasteiger partial charge in [0.1, 0.15) is 6.61 Å². The van der Waals surface area contributed by atoms with Gasteiger partial charge in [-0.15, -0.1) is 0 Å². The van der Waals surface area contributed by atoms with Crippen molar-refractivity contribution in [2.24, 2.45) is 22.7 Å². The lowest BCUT2D eigenvalue weighted by Gasteiger charge is -2.51. The van der Waals surface area contributed by atoms with Crippen molar-refractivity contribution in [3.8, 4) is 0 Å². The third kappa shape index (κ3) is 3.80. The number of ether oxygens (including phenoxy) is 3. The molecule has 0 amide bonds. The first-order valence-corrected chi connectivity index (χ1v) is 10.9. The van der Waals surface area contributed by atoms with Gasteiger partial charge in [0.2, 0.25) is 0 Å². The molecule has 1 saturated heterocycles. The largest absolute Gasteiger partial charge is 0.469 e. The fraction of sp³-hybridized carbons (Fsp3) is 0.826. The molecule has 1 aliphatic heterocycles. The molecule has 2 saturated carbocycles. The molecule has 0 aromatic carbocycles. The summed E-state index contributed by atoms with van der Waals surface area (Å²) in [6.07, 6.45) is 4.75. The smallest absolute Gasteiger partial charge is 0.309 e. The van der Waals surface area contributed by atoms with E-state index < -0.39 is 23.6 Å². The van der Waals surface area contributed by atoms with Crippen LogP contribution in [0.3, 0.4) is 0 Å². The molecule has 2 N–H and O–H groups in total. The number of esters is 2. The van der Waals surface area contributed by atoms with Gasteiger partial charge < -0.3 is 24.4 Å². The predicted molar refractivity (Wildman–Crippen MR) is 109 cm³/mol. The summed E-state index contributed by atoms with van der Waals surface area (Å²) in [5.41, 5.74) is -0.818. The molecule has 170 valence electrons. The highest BCUT2D eigenvalue weighted by Gasteiger charge is 2.70. The van der Waals surface area contributed by atoms with Crippen molar-refractivity contribution in [3.63, 3.8) is 0 Å². The lowest BCUT2D eigenvalue weighted by molar-refractivity contribution is -0.161. The van der Waals surface area contributed by atoms with Gasteiger partial charge >= 0.3 is 11.9 Å². The molecule has 0 radical (unpaired) electrons. The Morgan fingerprint density at radius 2 is 2.00 bits per heavy atom. The minimum atomic E-state index is -1.26. The third-order valence-corrected chi connectivity index (χ3v) is 8.01. The molecular weight excluding hydrogens is 388 g/mol. The van der Waals surface area contributed by atoms with Gasteiger partial charge in [-0.25, -0.2) is 0 Å². The minimum Gasteiger partial charge on any atom is -0.469 e. The maximum absolute atomic E-state index is 13.1. The van der Waals surface area contributed by atoms with Crippen LogP contribution in [0.4, 0.5) is 0 Å². The molecule has 1 heterocycles. The van der Waals surface area contributed by atoms with Crippen LogP contribution in [0.25, 0.3) is 0 Å². The molecule has 0 spiro atoms. The van der Waals surface area contributed by atoms with Crippen LogP contribution in [0, 0.1) is 22.7 Å². The molecule has 2 bridgehead atoms. The summed E-state index contributed by atoms with van der Waals surface area (Å²) in [6, 6.07) is 0. The summed E-state index contributed by atoms with van der Waals surface area (Å²) in [4.78, 5) is 24.6. The topological polar surface area (TPSA) is 102 Å². The standard InChI is InChI=1S/C23H36O7/c1-14(24)29-12-15(6-7-17(25)21(2,3)27)16-8-10-22(4)18-9-11-23(22,13-30-18)19(16)20(26)28-5/h6,16-19,25,27H,7-13H2,1-5H3. The van der Waals surface area contributed by atoms with E-state index in [-0.39, 0.29) is 41.8 Å². The number of hydrogen-bond acceptors (Lipinski definition) is 7. The van der Waals surface area contributed by atoms with Crippen LogP contribution in [0.15, 0.2) is 11.6 Å². The van der Waals surface area contributed by atoms with Crippen LogP contribution in [-0.4, -0.2) is 60.3 Å². The second-order valence-electron chi connectivity index (χ2n) is 10.0. The van der Waals surface area contributed by atoms with Gasteiger partial charge in [-0.2, -0.15) is 0 Å². The van der Waals surface area contributed by atoms with Gasteiger partial charge in [0.25, 0.3) is 0 Å². The number of methoxy groups -OCH3 is 1. The van der Waals surface area contributed by atoms with Gasteiger partial charge in [-0.3, -0.25) is 9.59 Å². The van der Waals surface area contributed by atoms with Crippen LogP contribution >= 0.6 is 0 Å². The average molecular weight is 425 g/mol. The number of aliphatic hydroxyl groups is 2. The summed E-state index contributed by atoms with van der Waals surface area (Å²) < 4.78 is 16.7. The van der Waals surface area contributed by atoms with E-state index >= 15 is 0 Å². The molecule has 30 heavy (non-hydrogen) atoms. The van der Waals surface area contributed by atoms with E-state index in [1.54, 1.807) is 13.8 Å². The highest BCUT2D eigenvalue weighted by Crippen LogP contribution is 2.69. The number of carbonyl (C=O) groups excluding carboxylic acids is 2. The average Bonchev–Trinajstić information content (AvgIpc) is 3.13. The Morgan fingerprint density at radius 1 is 1.30 bits per heavy atom. The van der Waals surface area contributed by atoms with Gasteiger partial charge in [-0.05, 0) is 57.4 Å². The van der Waals surface area contributed by atoms with E-state index in [0.29, 0.717) is 6.61 Å². The van der Waals surface area contributed by atoms with E-state index in [9.17, 15) is 19.8 Å². The first-order chi connectivity index (χ1) is 14.0. The molecule has 0 aromatic rings. The molecular formula is C23H36O7. The van der Waals surface area contributed by atoms with E-state index in [1.165, 1.54) is 14.0 Å². The van der Waals surface area contributed by atoms with Crippen LogP contribution in [-0.2, 0) is 23.8 Å². The van der Waals surface area contributed by atoms with Gasteiger partial charge in [0.05, 0.1) is 37.4 Å².